The SMILES string of the molecule is CCCCOC(=O)NC(=N)c1ccc(NCC#Cc2ccc(C(=O)N3CCCC3C)c(CO)c2)cc1. The normalized spacial score (nSPS) is 14.5. The van der Waals surface area contributed by atoms with Crippen molar-refractivity contribution in [3.63, 3.8) is 0 Å². The Morgan fingerprint density at radius 2 is 2.00 bits per heavy atom. The summed E-state index contributed by atoms with van der Waals surface area (Å²) < 4.78 is 5.01. The highest BCUT2D eigenvalue weighted by Gasteiger charge is 2.27. The molecule has 0 spiro atoms. The van der Waals surface area contributed by atoms with E-state index >= 15 is 0 Å². The number of anilines is 1. The molecule has 0 radical (unpaired) electrons. The predicted octanol–water partition coefficient (Wildman–Crippen LogP) is 4.12. The number of hydrogen-bond acceptors (Lipinski definition) is 6. The molecule has 190 valence electrons. The fraction of sp³-hybridized carbons (Fsp3) is 0.393. The average Bonchev–Trinajstić information content (AvgIpc) is 3.32. The van der Waals surface area contributed by atoms with Crippen LogP contribution in [0.3, 0.4) is 0 Å². The first-order valence-corrected chi connectivity index (χ1v) is 12.3. The summed E-state index contributed by atoms with van der Waals surface area (Å²) >= 11 is 0. The molecule has 36 heavy (non-hydrogen) atoms. The number of aliphatic hydroxyl groups excluding tert-OH is 1. The maximum absolute atomic E-state index is 12.9. The smallest absolute Gasteiger partial charge is 0.412 e. The quantitative estimate of drug-likeness (QED) is 0.192. The summed E-state index contributed by atoms with van der Waals surface area (Å²) in [6.45, 7) is 5.32. The molecule has 0 aromatic heterocycles. The molecule has 1 saturated heterocycles. The first-order chi connectivity index (χ1) is 17.4. The van der Waals surface area contributed by atoms with Crippen LogP contribution >= 0.6 is 0 Å². The molecule has 3 rings (SSSR count). The second-order valence-electron chi connectivity index (χ2n) is 8.74. The molecule has 2 amide bonds. The highest BCUT2D eigenvalue weighted by molar-refractivity contribution is 6.04. The van der Waals surface area contributed by atoms with Crippen molar-refractivity contribution in [3.05, 3.63) is 64.7 Å². The van der Waals surface area contributed by atoms with E-state index in [1.165, 1.54) is 0 Å². The first kappa shape index (κ1) is 26.8. The number of amides is 2. The van der Waals surface area contributed by atoms with E-state index in [1.54, 1.807) is 42.5 Å². The Morgan fingerprint density at radius 3 is 2.67 bits per heavy atom. The molecule has 0 bridgehead atoms. The van der Waals surface area contributed by atoms with Gasteiger partial charge in [-0.05, 0) is 74.2 Å². The van der Waals surface area contributed by atoms with Crippen LogP contribution in [0.4, 0.5) is 10.5 Å². The van der Waals surface area contributed by atoms with Gasteiger partial charge in [0.15, 0.2) is 0 Å². The van der Waals surface area contributed by atoms with Crippen molar-refractivity contribution in [2.24, 2.45) is 0 Å². The number of aliphatic hydroxyl groups is 1. The van der Waals surface area contributed by atoms with Crippen LogP contribution in [0.5, 0.6) is 0 Å². The van der Waals surface area contributed by atoms with Crippen LogP contribution in [-0.4, -0.2) is 53.6 Å². The van der Waals surface area contributed by atoms with Gasteiger partial charge in [0.2, 0.25) is 0 Å². The van der Waals surface area contributed by atoms with Crippen molar-refractivity contribution < 1.29 is 19.4 Å². The van der Waals surface area contributed by atoms with E-state index in [0.717, 1.165) is 43.5 Å². The number of ether oxygens (including phenoxy) is 1. The number of nitrogens with one attached hydrogen (secondary N) is 3. The number of amidine groups is 1. The molecule has 4 N–H and O–H groups in total. The first-order valence-electron chi connectivity index (χ1n) is 12.3. The molecule has 2 aromatic rings. The summed E-state index contributed by atoms with van der Waals surface area (Å²) in [5.74, 6) is 6.05. The van der Waals surface area contributed by atoms with Gasteiger partial charge in [0, 0.05) is 35.0 Å². The number of carbonyl (C=O) groups excluding carboxylic acids is 2. The topological polar surface area (TPSA) is 115 Å². The minimum atomic E-state index is -0.627. The van der Waals surface area contributed by atoms with Gasteiger partial charge in [0.25, 0.3) is 5.91 Å². The van der Waals surface area contributed by atoms with Crippen LogP contribution in [0.1, 0.15) is 66.6 Å². The number of alkyl carbamates (subject to hydrolysis) is 1. The lowest BCUT2D eigenvalue weighted by atomic mass is 10.0. The van der Waals surface area contributed by atoms with E-state index < -0.39 is 6.09 Å². The third kappa shape index (κ3) is 7.33. The number of rotatable bonds is 8. The van der Waals surface area contributed by atoms with Gasteiger partial charge in [0.1, 0.15) is 5.84 Å². The maximum atomic E-state index is 12.9. The largest absolute Gasteiger partial charge is 0.449 e. The monoisotopic (exact) mass is 490 g/mol. The molecule has 1 unspecified atom stereocenters. The lowest BCUT2D eigenvalue weighted by Crippen LogP contribution is -2.34. The zero-order chi connectivity index (χ0) is 25.9. The number of benzene rings is 2. The van der Waals surface area contributed by atoms with Crippen LogP contribution in [0.2, 0.25) is 0 Å². The molecule has 1 fully saturated rings. The second-order valence-corrected chi connectivity index (χ2v) is 8.74. The Morgan fingerprint density at radius 1 is 1.22 bits per heavy atom. The zero-order valence-corrected chi connectivity index (χ0v) is 20.9. The van der Waals surface area contributed by atoms with Crippen molar-refractivity contribution in [2.45, 2.75) is 52.2 Å². The number of nitrogens with zero attached hydrogens (tertiary/aromatic N) is 1. The van der Waals surface area contributed by atoms with Crippen molar-refractivity contribution in [1.82, 2.24) is 10.2 Å². The molecule has 2 aromatic carbocycles. The molecule has 1 aliphatic heterocycles. The molecule has 1 atom stereocenters. The van der Waals surface area contributed by atoms with E-state index in [9.17, 15) is 14.7 Å². The summed E-state index contributed by atoms with van der Waals surface area (Å²) in [6, 6.07) is 12.6. The summed E-state index contributed by atoms with van der Waals surface area (Å²) in [4.78, 5) is 26.4. The molecule has 8 nitrogen and oxygen atoms in total. The van der Waals surface area contributed by atoms with Gasteiger partial charge in [-0.25, -0.2) is 4.79 Å². The summed E-state index contributed by atoms with van der Waals surface area (Å²) in [5, 5.41) is 23.4. The van der Waals surface area contributed by atoms with Crippen LogP contribution < -0.4 is 10.6 Å². The predicted molar refractivity (Wildman–Crippen MR) is 140 cm³/mol. The Labute approximate surface area is 212 Å². The van der Waals surface area contributed by atoms with E-state index in [2.05, 4.69) is 29.4 Å². The summed E-state index contributed by atoms with van der Waals surface area (Å²) in [7, 11) is 0. The minimum Gasteiger partial charge on any atom is -0.449 e. The van der Waals surface area contributed by atoms with Gasteiger partial charge in [-0.15, -0.1) is 0 Å². The van der Waals surface area contributed by atoms with Crippen molar-refractivity contribution in [3.8, 4) is 11.8 Å². The molecule has 1 heterocycles. The van der Waals surface area contributed by atoms with Crippen molar-refractivity contribution in [2.75, 3.05) is 25.0 Å². The van der Waals surface area contributed by atoms with Crippen LogP contribution in [-0.2, 0) is 11.3 Å². The van der Waals surface area contributed by atoms with Crippen LogP contribution in [0, 0.1) is 17.3 Å². The lowest BCUT2D eigenvalue weighted by Gasteiger charge is -2.22. The highest BCUT2D eigenvalue weighted by atomic mass is 16.5. The van der Waals surface area contributed by atoms with Crippen LogP contribution in [0.25, 0.3) is 0 Å². The maximum Gasteiger partial charge on any atom is 0.412 e. The molecule has 0 saturated carbocycles. The Hall–Kier alpha value is -3.83. The van der Waals surface area contributed by atoms with Crippen molar-refractivity contribution >= 4 is 23.5 Å². The van der Waals surface area contributed by atoms with Gasteiger partial charge in [-0.3, -0.25) is 15.5 Å². The number of hydrogen-bond donors (Lipinski definition) is 4. The molecular weight excluding hydrogens is 456 g/mol. The third-order valence-corrected chi connectivity index (χ3v) is 6.07. The summed E-state index contributed by atoms with van der Waals surface area (Å²) in [5.41, 5.74) is 3.23. The van der Waals surface area contributed by atoms with Gasteiger partial charge >= 0.3 is 6.09 Å². The summed E-state index contributed by atoms with van der Waals surface area (Å²) in [6.07, 6.45) is 3.10. The van der Waals surface area contributed by atoms with E-state index in [1.807, 2.05) is 11.8 Å². The number of carbonyl (C=O) groups is 2. The average molecular weight is 491 g/mol. The fourth-order valence-corrected chi connectivity index (χ4v) is 3.97. The van der Waals surface area contributed by atoms with Gasteiger partial charge in [-0.2, -0.15) is 0 Å². The third-order valence-electron chi connectivity index (χ3n) is 6.07. The highest BCUT2D eigenvalue weighted by Crippen LogP contribution is 2.22. The Balaban J connectivity index is 1.52. The zero-order valence-electron chi connectivity index (χ0n) is 20.9. The van der Waals surface area contributed by atoms with Gasteiger partial charge in [0.05, 0.1) is 19.8 Å². The van der Waals surface area contributed by atoms with Crippen LogP contribution in [0.15, 0.2) is 42.5 Å². The Bertz CT molecular complexity index is 1130. The molecule has 0 aliphatic carbocycles. The fourth-order valence-electron chi connectivity index (χ4n) is 3.97. The van der Waals surface area contributed by atoms with Gasteiger partial charge < -0.3 is 20.1 Å². The number of likely N-dealkylation sites (tertiary alicyclic amines) is 1. The molecule has 1 aliphatic rings. The van der Waals surface area contributed by atoms with Gasteiger partial charge in [-0.1, -0.05) is 25.2 Å². The van der Waals surface area contributed by atoms with E-state index in [-0.39, 0.29) is 24.4 Å². The molecular formula is C28H34N4O4. The van der Waals surface area contributed by atoms with E-state index in [0.29, 0.717) is 29.8 Å². The molecule has 8 heteroatoms. The standard InChI is InChI=1S/C28H34N4O4/c1-3-4-17-36-28(35)31-26(29)22-10-12-24(13-11-22)30-15-5-8-21-9-14-25(23(18-21)19-33)27(34)32-16-6-7-20(32)2/h9-14,18,20,30,33H,3-4,6-7,15-17,19H2,1-2H3,(H2,29,31,35). The van der Waals surface area contributed by atoms with Crippen molar-refractivity contribution in [1.29, 1.82) is 5.41 Å². The number of unbranched alkanes of at least 4 members (excludes halogenated alkanes) is 1. The lowest BCUT2D eigenvalue weighted by molar-refractivity contribution is 0.0744. The van der Waals surface area contributed by atoms with E-state index in [4.69, 9.17) is 10.1 Å². The second kappa shape index (κ2) is 13.3. The Kier molecular flexibility index (Phi) is 9.90. The minimum absolute atomic E-state index is 0.0244.